The monoisotopic (exact) mass is 300 g/mol. The van der Waals surface area contributed by atoms with Gasteiger partial charge in [-0.05, 0) is 30.7 Å². The van der Waals surface area contributed by atoms with Crippen molar-refractivity contribution in [2.24, 2.45) is 5.73 Å². The van der Waals surface area contributed by atoms with Crippen molar-refractivity contribution in [3.63, 3.8) is 0 Å². The van der Waals surface area contributed by atoms with Crippen molar-refractivity contribution in [2.75, 3.05) is 11.3 Å². The summed E-state index contributed by atoms with van der Waals surface area (Å²) in [5.41, 5.74) is 7.09. The molecule has 2 rings (SSSR count). The van der Waals surface area contributed by atoms with Crippen LogP contribution in [-0.4, -0.2) is 15.0 Å². The van der Waals surface area contributed by atoms with Crippen LogP contribution >= 0.6 is 0 Å². The van der Waals surface area contributed by atoms with E-state index < -0.39 is 10.0 Å². The van der Waals surface area contributed by atoms with Crippen LogP contribution in [0.3, 0.4) is 0 Å². The lowest BCUT2D eigenvalue weighted by Crippen LogP contribution is -2.15. The van der Waals surface area contributed by atoms with E-state index in [9.17, 15) is 8.42 Å². The summed E-state index contributed by atoms with van der Waals surface area (Å²) >= 11 is 0. The van der Waals surface area contributed by atoms with Gasteiger partial charge in [-0.2, -0.15) is 0 Å². The molecule has 0 fully saturated rings. The molecule has 0 aliphatic carbocycles. The first-order valence-corrected chi connectivity index (χ1v) is 7.89. The van der Waals surface area contributed by atoms with Gasteiger partial charge in [0.2, 0.25) is 0 Å². The molecule has 2 aromatic rings. The van der Waals surface area contributed by atoms with Crippen LogP contribution in [0.2, 0.25) is 0 Å². The predicted molar refractivity (Wildman–Crippen MR) is 84.4 cm³/mol. The third-order valence-corrected chi connectivity index (χ3v) is 4.41. The first-order valence-electron chi connectivity index (χ1n) is 6.41. The molecule has 3 N–H and O–H groups in total. The largest absolute Gasteiger partial charge is 0.320 e. The van der Waals surface area contributed by atoms with Gasteiger partial charge < -0.3 is 5.73 Å². The molecule has 0 saturated carbocycles. The minimum atomic E-state index is -3.64. The van der Waals surface area contributed by atoms with Gasteiger partial charge >= 0.3 is 0 Å². The van der Waals surface area contributed by atoms with E-state index in [1.54, 1.807) is 55.5 Å². The molecule has 4 nitrogen and oxygen atoms in total. The quantitative estimate of drug-likeness (QED) is 0.853. The van der Waals surface area contributed by atoms with Crippen LogP contribution < -0.4 is 10.5 Å². The summed E-state index contributed by atoms with van der Waals surface area (Å²) in [6.45, 7) is 1.98. The molecule has 0 aliphatic heterocycles. The number of benzene rings is 2. The number of nitrogens with two attached hydrogens (primary N) is 1. The summed E-state index contributed by atoms with van der Waals surface area (Å²) in [6.07, 6.45) is 0. The lowest BCUT2D eigenvalue weighted by molar-refractivity contribution is 0.600. The van der Waals surface area contributed by atoms with Gasteiger partial charge in [-0.1, -0.05) is 42.2 Å². The molecule has 0 unspecified atom stereocenters. The Balaban J connectivity index is 2.40. The molecule has 0 heterocycles. The maximum atomic E-state index is 12.5. The highest BCUT2D eigenvalue weighted by molar-refractivity contribution is 7.92. The van der Waals surface area contributed by atoms with E-state index in [4.69, 9.17) is 5.73 Å². The number of hydrogen-bond donors (Lipinski definition) is 2. The molecule has 0 spiro atoms. The second kappa shape index (κ2) is 6.44. The minimum absolute atomic E-state index is 0.221. The van der Waals surface area contributed by atoms with Crippen LogP contribution in [0.5, 0.6) is 0 Å². The lowest BCUT2D eigenvalue weighted by Gasteiger charge is -2.11. The van der Waals surface area contributed by atoms with E-state index in [2.05, 4.69) is 16.6 Å². The summed E-state index contributed by atoms with van der Waals surface area (Å²) in [6, 6.07) is 13.8. The minimum Gasteiger partial charge on any atom is -0.320 e. The normalized spacial score (nSPS) is 10.6. The van der Waals surface area contributed by atoms with E-state index in [1.807, 2.05) is 0 Å². The maximum absolute atomic E-state index is 12.5. The summed E-state index contributed by atoms with van der Waals surface area (Å²) in [5.74, 6) is 5.58. The Morgan fingerprint density at radius 3 is 2.48 bits per heavy atom. The Morgan fingerprint density at radius 2 is 1.76 bits per heavy atom. The lowest BCUT2D eigenvalue weighted by atomic mass is 10.2. The zero-order chi connectivity index (χ0) is 15.3. The fraction of sp³-hybridized carbons (Fsp3) is 0.125. The molecular weight excluding hydrogens is 284 g/mol. The molecular formula is C16H16N2O2S. The number of rotatable bonds is 3. The van der Waals surface area contributed by atoms with Gasteiger partial charge in [0.05, 0.1) is 17.1 Å². The van der Waals surface area contributed by atoms with Gasteiger partial charge in [-0.3, -0.25) is 4.72 Å². The standard InChI is InChI=1S/C16H16N2O2S/c1-13-7-2-5-11-16(13)21(19,20)18-15-10-4-3-8-14(15)9-6-12-17/h2-5,7-8,10-11,18H,12,17H2,1H3. The van der Waals surface area contributed by atoms with Crippen molar-refractivity contribution < 1.29 is 8.42 Å². The molecule has 5 heteroatoms. The van der Waals surface area contributed by atoms with Crippen molar-refractivity contribution in [3.8, 4) is 11.8 Å². The molecule has 0 saturated heterocycles. The Morgan fingerprint density at radius 1 is 1.10 bits per heavy atom. The number of sulfonamides is 1. The van der Waals surface area contributed by atoms with Gasteiger partial charge in [0.1, 0.15) is 0 Å². The molecule has 0 amide bonds. The number of nitrogens with one attached hydrogen (secondary N) is 1. The average Bonchev–Trinajstić information content (AvgIpc) is 2.46. The highest BCUT2D eigenvalue weighted by Gasteiger charge is 2.17. The smallest absolute Gasteiger partial charge is 0.262 e. The highest BCUT2D eigenvalue weighted by atomic mass is 32.2. The first kappa shape index (κ1) is 15.1. The van der Waals surface area contributed by atoms with Crippen LogP contribution in [0.1, 0.15) is 11.1 Å². The van der Waals surface area contributed by atoms with E-state index >= 15 is 0 Å². The van der Waals surface area contributed by atoms with E-state index in [0.29, 0.717) is 16.8 Å². The SMILES string of the molecule is Cc1ccccc1S(=O)(=O)Nc1ccccc1C#CCN. The van der Waals surface area contributed by atoms with Gasteiger partial charge in [0, 0.05) is 5.56 Å². The van der Waals surface area contributed by atoms with Crippen molar-refractivity contribution in [3.05, 3.63) is 59.7 Å². The molecule has 0 aliphatic rings. The van der Waals surface area contributed by atoms with E-state index in [0.717, 1.165) is 0 Å². The van der Waals surface area contributed by atoms with E-state index in [-0.39, 0.29) is 11.4 Å². The molecule has 0 bridgehead atoms. The van der Waals surface area contributed by atoms with E-state index in [1.165, 1.54) is 0 Å². The van der Waals surface area contributed by atoms with Crippen molar-refractivity contribution >= 4 is 15.7 Å². The fourth-order valence-electron chi connectivity index (χ4n) is 1.89. The second-order valence-corrected chi connectivity index (χ2v) is 6.07. The van der Waals surface area contributed by atoms with Gasteiger partial charge in [-0.15, -0.1) is 0 Å². The number of hydrogen-bond acceptors (Lipinski definition) is 3. The maximum Gasteiger partial charge on any atom is 0.262 e. The number of para-hydroxylation sites is 1. The number of anilines is 1. The summed E-state index contributed by atoms with van der Waals surface area (Å²) in [4.78, 5) is 0.256. The first-order chi connectivity index (χ1) is 10.0. The zero-order valence-corrected chi connectivity index (χ0v) is 12.4. The van der Waals surface area contributed by atoms with Crippen LogP contribution in [0, 0.1) is 18.8 Å². The molecule has 2 aromatic carbocycles. The van der Waals surface area contributed by atoms with Gasteiger partial charge in [0.15, 0.2) is 0 Å². The third-order valence-electron chi connectivity index (χ3n) is 2.88. The van der Waals surface area contributed by atoms with Crippen LogP contribution in [0.25, 0.3) is 0 Å². The van der Waals surface area contributed by atoms with Crippen molar-refractivity contribution in [1.82, 2.24) is 0 Å². The summed E-state index contributed by atoms with van der Waals surface area (Å²) < 4.78 is 27.5. The van der Waals surface area contributed by atoms with Gasteiger partial charge in [0.25, 0.3) is 10.0 Å². The van der Waals surface area contributed by atoms with Gasteiger partial charge in [-0.25, -0.2) is 8.42 Å². The predicted octanol–water partition coefficient (Wildman–Crippen LogP) is 2.11. The summed E-state index contributed by atoms with van der Waals surface area (Å²) in [5, 5.41) is 0. The van der Waals surface area contributed by atoms with Crippen LogP contribution in [0.15, 0.2) is 53.4 Å². The van der Waals surface area contributed by atoms with Crippen molar-refractivity contribution in [2.45, 2.75) is 11.8 Å². The Kier molecular flexibility index (Phi) is 4.63. The molecule has 0 atom stereocenters. The Hall–Kier alpha value is -2.29. The van der Waals surface area contributed by atoms with Crippen molar-refractivity contribution in [1.29, 1.82) is 0 Å². The Labute approximate surface area is 125 Å². The Bertz CT molecular complexity index is 802. The molecule has 21 heavy (non-hydrogen) atoms. The molecule has 0 aromatic heterocycles. The summed E-state index contributed by atoms with van der Waals surface area (Å²) in [7, 11) is -3.64. The second-order valence-electron chi connectivity index (χ2n) is 4.42. The third kappa shape index (κ3) is 3.63. The number of aryl methyl sites for hydroxylation is 1. The topological polar surface area (TPSA) is 72.2 Å². The zero-order valence-electron chi connectivity index (χ0n) is 11.6. The molecule has 108 valence electrons. The fourth-order valence-corrected chi connectivity index (χ4v) is 3.21. The molecule has 0 radical (unpaired) electrons. The average molecular weight is 300 g/mol. The van der Waals surface area contributed by atoms with Crippen LogP contribution in [-0.2, 0) is 10.0 Å². The highest BCUT2D eigenvalue weighted by Crippen LogP contribution is 2.21. The van der Waals surface area contributed by atoms with Crippen LogP contribution in [0.4, 0.5) is 5.69 Å².